The number of amides is 2. The van der Waals surface area contributed by atoms with Gasteiger partial charge in [0.25, 0.3) is 0 Å². The minimum absolute atomic E-state index is 0.199. The number of anilines is 1. The summed E-state index contributed by atoms with van der Waals surface area (Å²) < 4.78 is 5.87. The highest BCUT2D eigenvalue weighted by Crippen LogP contribution is 2.18. The smallest absolute Gasteiger partial charge is 0.319 e. The van der Waals surface area contributed by atoms with Gasteiger partial charge < -0.3 is 20.8 Å². The molecular weight excluding hydrogens is 386 g/mol. The Labute approximate surface area is 178 Å². The molecule has 0 spiro atoms. The highest BCUT2D eigenvalue weighted by Gasteiger charge is 2.09. The van der Waals surface area contributed by atoms with Gasteiger partial charge in [-0.05, 0) is 61.2 Å². The van der Waals surface area contributed by atoms with E-state index in [-0.39, 0.29) is 12.1 Å². The van der Waals surface area contributed by atoms with E-state index in [0.717, 1.165) is 24.8 Å². The Kier molecular flexibility index (Phi) is 10.1. The molecule has 0 aromatic heterocycles. The van der Waals surface area contributed by atoms with E-state index in [9.17, 15) is 4.79 Å². The first-order valence-electron chi connectivity index (χ1n) is 10.2. The number of unbranched alkanes of at least 4 members (excludes halogenated alkanes) is 3. The molecule has 1 unspecified atom stereocenters. The van der Waals surface area contributed by atoms with Gasteiger partial charge in [0, 0.05) is 23.5 Å². The van der Waals surface area contributed by atoms with E-state index in [4.69, 9.17) is 21.7 Å². The zero-order chi connectivity index (χ0) is 20.9. The highest BCUT2D eigenvalue weighted by atomic mass is 35.5. The molecule has 0 bridgehead atoms. The molecule has 1 atom stereocenters. The van der Waals surface area contributed by atoms with Crippen molar-refractivity contribution in [3.8, 4) is 5.75 Å². The first-order valence-corrected chi connectivity index (χ1v) is 10.5. The van der Waals surface area contributed by atoms with Crippen molar-refractivity contribution < 1.29 is 9.53 Å². The predicted molar refractivity (Wildman–Crippen MR) is 121 cm³/mol. The van der Waals surface area contributed by atoms with Crippen molar-refractivity contribution in [1.82, 2.24) is 5.32 Å². The molecule has 2 rings (SSSR count). The summed E-state index contributed by atoms with van der Waals surface area (Å²) >= 11 is 5.91. The van der Waals surface area contributed by atoms with Crippen LogP contribution in [0.3, 0.4) is 0 Å². The van der Waals surface area contributed by atoms with Gasteiger partial charge in [0.2, 0.25) is 0 Å². The average Bonchev–Trinajstić information content (AvgIpc) is 2.73. The monoisotopic (exact) mass is 415 g/mol. The zero-order valence-electron chi connectivity index (χ0n) is 16.9. The van der Waals surface area contributed by atoms with Gasteiger partial charge in [0.05, 0.1) is 0 Å². The lowest BCUT2D eigenvalue weighted by atomic mass is 10.1. The standard InChI is InChI=1S/C23H30ClN3O2/c1-2-3-4-5-16-26-23(28)27-20-11-14-21(15-12-20)29-22(17-25)13-8-18-6-9-19(24)10-7-18/h6-7,9-12,14-15,17,22,25H,2-5,8,13,16H2,1H3,(H2,26,27,28). The fourth-order valence-electron chi connectivity index (χ4n) is 2.86. The number of benzene rings is 2. The van der Waals surface area contributed by atoms with Crippen LogP contribution in [-0.2, 0) is 6.42 Å². The molecule has 0 aliphatic heterocycles. The van der Waals surface area contributed by atoms with Crippen LogP contribution in [0.5, 0.6) is 5.75 Å². The van der Waals surface area contributed by atoms with Crippen LogP contribution in [0.25, 0.3) is 0 Å². The normalized spacial score (nSPS) is 11.5. The van der Waals surface area contributed by atoms with E-state index in [1.54, 1.807) is 24.3 Å². The lowest BCUT2D eigenvalue weighted by Gasteiger charge is -2.15. The average molecular weight is 416 g/mol. The predicted octanol–water partition coefficient (Wildman–Crippen LogP) is 6.07. The number of hydrogen-bond acceptors (Lipinski definition) is 3. The van der Waals surface area contributed by atoms with Crippen molar-refractivity contribution in [2.75, 3.05) is 11.9 Å². The van der Waals surface area contributed by atoms with Crippen LogP contribution in [0.2, 0.25) is 5.02 Å². The summed E-state index contributed by atoms with van der Waals surface area (Å²) in [5, 5.41) is 14.0. The molecule has 0 aliphatic carbocycles. The van der Waals surface area contributed by atoms with E-state index < -0.39 is 0 Å². The molecule has 6 heteroatoms. The second kappa shape index (κ2) is 12.8. The molecule has 0 aliphatic rings. The van der Waals surface area contributed by atoms with Crippen LogP contribution < -0.4 is 15.4 Å². The van der Waals surface area contributed by atoms with E-state index >= 15 is 0 Å². The lowest BCUT2D eigenvalue weighted by Crippen LogP contribution is -2.29. The molecule has 0 radical (unpaired) electrons. The van der Waals surface area contributed by atoms with Gasteiger partial charge in [0.15, 0.2) is 0 Å². The van der Waals surface area contributed by atoms with E-state index in [0.29, 0.717) is 29.4 Å². The molecular formula is C23H30ClN3O2. The number of rotatable bonds is 12. The lowest BCUT2D eigenvalue weighted by molar-refractivity contribution is 0.251. The third-order valence-electron chi connectivity index (χ3n) is 4.53. The topological polar surface area (TPSA) is 74.2 Å². The van der Waals surface area contributed by atoms with Crippen LogP contribution in [-0.4, -0.2) is 24.9 Å². The molecule has 2 aromatic rings. The van der Waals surface area contributed by atoms with Crippen molar-refractivity contribution >= 4 is 29.5 Å². The summed E-state index contributed by atoms with van der Waals surface area (Å²) in [6.45, 7) is 2.85. The van der Waals surface area contributed by atoms with Crippen LogP contribution >= 0.6 is 11.6 Å². The van der Waals surface area contributed by atoms with Crippen LogP contribution in [0.15, 0.2) is 48.5 Å². The molecule has 156 valence electrons. The number of carbonyl (C=O) groups excluding carboxylic acids is 1. The van der Waals surface area contributed by atoms with Crippen molar-refractivity contribution in [2.45, 2.75) is 51.6 Å². The Hall–Kier alpha value is -2.53. The molecule has 2 amide bonds. The summed E-state index contributed by atoms with van der Waals surface area (Å²) in [7, 11) is 0. The number of halogens is 1. The van der Waals surface area contributed by atoms with Crippen molar-refractivity contribution in [3.63, 3.8) is 0 Å². The largest absolute Gasteiger partial charge is 0.485 e. The quantitative estimate of drug-likeness (QED) is 0.290. The van der Waals surface area contributed by atoms with Gasteiger partial charge in [-0.15, -0.1) is 0 Å². The Bertz CT molecular complexity index is 748. The zero-order valence-corrected chi connectivity index (χ0v) is 17.7. The van der Waals surface area contributed by atoms with Gasteiger partial charge in [-0.2, -0.15) is 0 Å². The molecule has 0 heterocycles. The minimum atomic E-state index is -0.309. The van der Waals surface area contributed by atoms with Crippen LogP contribution in [0.1, 0.15) is 44.6 Å². The maximum absolute atomic E-state index is 11.9. The Balaban J connectivity index is 1.75. The first kappa shape index (κ1) is 22.8. The number of hydrogen-bond donors (Lipinski definition) is 3. The first-order chi connectivity index (χ1) is 14.1. The molecule has 0 saturated heterocycles. The van der Waals surface area contributed by atoms with Gasteiger partial charge in [0.1, 0.15) is 11.9 Å². The number of carbonyl (C=O) groups is 1. The molecule has 0 saturated carbocycles. The number of urea groups is 1. The van der Waals surface area contributed by atoms with Gasteiger partial charge >= 0.3 is 6.03 Å². The Morgan fingerprint density at radius 1 is 1.10 bits per heavy atom. The molecule has 0 fully saturated rings. The second-order valence-corrected chi connectivity index (χ2v) is 7.39. The van der Waals surface area contributed by atoms with Crippen molar-refractivity contribution in [3.05, 3.63) is 59.1 Å². The van der Waals surface area contributed by atoms with Crippen LogP contribution in [0.4, 0.5) is 10.5 Å². The number of aryl methyl sites for hydroxylation is 1. The van der Waals surface area contributed by atoms with Gasteiger partial charge in [-0.25, -0.2) is 4.79 Å². The van der Waals surface area contributed by atoms with Crippen molar-refractivity contribution in [1.29, 1.82) is 5.41 Å². The van der Waals surface area contributed by atoms with Gasteiger partial charge in [-0.3, -0.25) is 0 Å². The third kappa shape index (κ3) is 9.01. The third-order valence-corrected chi connectivity index (χ3v) is 4.78. The summed E-state index contributed by atoms with van der Waals surface area (Å²) in [4.78, 5) is 11.9. The summed E-state index contributed by atoms with van der Waals surface area (Å²) in [6.07, 6.45) is 7.01. The second-order valence-electron chi connectivity index (χ2n) is 6.95. The van der Waals surface area contributed by atoms with E-state index in [2.05, 4.69) is 17.6 Å². The fraction of sp³-hybridized carbons (Fsp3) is 0.391. The summed E-state index contributed by atoms with van der Waals surface area (Å²) in [6, 6.07) is 14.7. The minimum Gasteiger partial charge on any atom is -0.485 e. The molecule has 3 N–H and O–H groups in total. The molecule has 29 heavy (non-hydrogen) atoms. The maximum Gasteiger partial charge on any atom is 0.319 e. The van der Waals surface area contributed by atoms with E-state index in [1.165, 1.54) is 19.1 Å². The molecule has 2 aromatic carbocycles. The van der Waals surface area contributed by atoms with Crippen LogP contribution in [0, 0.1) is 5.41 Å². The number of ether oxygens (including phenoxy) is 1. The SMILES string of the molecule is CCCCCCNC(=O)Nc1ccc(OC(C=N)CCc2ccc(Cl)cc2)cc1. The summed E-state index contributed by atoms with van der Waals surface area (Å²) in [5.74, 6) is 0.667. The molecule has 5 nitrogen and oxygen atoms in total. The number of nitrogens with one attached hydrogen (secondary N) is 3. The Morgan fingerprint density at radius 3 is 2.48 bits per heavy atom. The van der Waals surface area contributed by atoms with Crippen molar-refractivity contribution in [2.24, 2.45) is 0 Å². The highest BCUT2D eigenvalue weighted by molar-refractivity contribution is 6.30. The summed E-state index contributed by atoms with van der Waals surface area (Å²) in [5.41, 5.74) is 1.86. The maximum atomic E-state index is 11.9. The Morgan fingerprint density at radius 2 is 1.83 bits per heavy atom. The fourth-order valence-corrected chi connectivity index (χ4v) is 2.98. The van der Waals surface area contributed by atoms with E-state index in [1.807, 2.05) is 24.3 Å². The van der Waals surface area contributed by atoms with Gasteiger partial charge in [-0.1, -0.05) is 49.9 Å².